The summed E-state index contributed by atoms with van der Waals surface area (Å²) in [5.41, 5.74) is 1.96. The minimum absolute atomic E-state index is 0.257. The van der Waals surface area contributed by atoms with E-state index >= 15 is 0 Å². The first-order valence-electron chi connectivity index (χ1n) is 6.09. The van der Waals surface area contributed by atoms with Crippen LogP contribution < -0.4 is 0 Å². The summed E-state index contributed by atoms with van der Waals surface area (Å²) in [7, 11) is 0. The second-order valence-corrected chi connectivity index (χ2v) is 5.99. The van der Waals surface area contributed by atoms with Gasteiger partial charge in [0, 0.05) is 5.25 Å². The molecular weight excluding hydrogens is 232 g/mol. The Morgan fingerprint density at radius 1 is 1.29 bits per heavy atom. The Morgan fingerprint density at radius 3 is 2.65 bits per heavy atom. The molecule has 0 radical (unpaired) electrons. The number of aryl methyl sites for hydroxylation is 2. The third-order valence-electron chi connectivity index (χ3n) is 2.97. The standard InChI is InChI=1S/C14H22O2S/c1-10-6-4-7-13(14(10)16)8-5-9-17-12(3)11(2)15/h4,6-7,11-12,15-16H,5,8-9H2,1-3H3. The van der Waals surface area contributed by atoms with E-state index in [2.05, 4.69) is 0 Å². The van der Waals surface area contributed by atoms with Gasteiger partial charge in [-0.2, -0.15) is 11.8 Å². The van der Waals surface area contributed by atoms with Gasteiger partial charge < -0.3 is 10.2 Å². The molecule has 0 fully saturated rings. The van der Waals surface area contributed by atoms with Gasteiger partial charge in [-0.05, 0) is 43.6 Å². The highest BCUT2D eigenvalue weighted by Crippen LogP contribution is 2.24. The number of hydrogen-bond donors (Lipinski definition) is 2. The number of aliphatic hydroxyl groups is 1. The number of rotatable bonds is 6. The molecule has 0 saturated heterocycles. The number of thioether (sulfide) groups is 1. The number of aromatic hydroxyl groups is 1. The van der Waals surface area contributed by atoms with Gasteiger partial charge in [0.1, 0.15) is 5.75 Å². The molecule has 2 N–H and O–H groups in total. The Balaban J connectivity index is 2.34. The Morgan fingerprint density at radius 2 is 2.00 bits per heavy atom. The number of para-hydroxylation sites is 1. The van der Waals surface area contributed by atoms with Crippen LogP contribution in [0, 0.1) is 6.92 Å². The van der Waals surface area contributed by atoms with Gasteiger partial charge in [0.2, 0.25) is 0 Å². The summed E-state index contributed by atoms with van der Waals surface area (Å²) in [5.74, 6) is 1.44. The highest BCUT2D eigenvalue weighted by Gasteiger charge is 2.09. The van der Waals surface area contributed by atoms with Gasteiger partial charge in [-0.3, -0.25) is 0 Å². The smallest absolute Gasteiger partial charge is 0.121 e. The number of phenolic OH excluding ortho intramolecular Hbond substituents is 1. The number of phenols is 1. The van der Waals surface area contributed by atoms with Crippen LogP contribution in [0.1, 0.15) is 31.4 Å². The SMILES string of the molecule is Cc1cccc(CCCSC(C)C(C)O)c1O. The van der Waals surface area contributed by atoms with E-state index < -0.39 is 0 Å². The van der Waals surface area contributed by atoms with Gasteiger partial charge in [0.15, 0.2) is 0 Å². The molecular formula is C14H22O2S. The van der Waals surface area contributed by atoms with Crippen molar-refractivity contribution in [3.05, 3.63) is 29.3 Å². The molecule has 0 spiro atoms. The highest BCUT2D eigenvalue weighted by molar-refractivity contribution is 7.99. The lowest BCUT2D eigenvalue weighted by atomic mass is 10.1. The second kappa shape index (κ2) is 6.92. The molecule has 2 nitrogen and oxygen atoms in total. The molecule has 0 aliphatic heterocycles. The van der Waals surface area contributed by atoms with Crippen molar-refractivity contribution in [3.8, 4) is 5.75 Å². The maximum absolute atomic E-state index is 9.85. The molecule has 0 bridgehead atoms. The van der Waals surface area contributed by atoms with Crippen LogP contribution in [0.25, 0.3) is 0 Å². The van der Waals surface area contributed by atoms with Gasteiger partial charge in [0.05, 0.1) is 6.10 Å². The van der Waals surface area contributed by atoms with Crippen molar-refractivity contribution in [1.82, 2.24) is 0 Å². The van der Waals surface area contributed by atoms with Crippen LogP contribution in [0.5, 0.6) is 5.75 Å². The second-order valence-electron chi connectivity index (χ2n) is 4.50. The van der Waals surface area contributed by atoms with Crippen LogP contribution in [-0.2, 0) is 6.42 Å². The molecule has 96 valence electrons. The Bertz CT molecular complexity index is 350. The monoisotopic (exact) mass is 254 g/mol. The molecule has 0 aliphatic rings. The lowest BCUT2D eigenvalue weighted by Gasteiger charge is -2.14. The molecule has 2 atom stereocenters. The van der Waals surface area contributed by atoms with Crippen LogP contribution in [0.2, 0.25) is 0 Å². The molecule has 0 amide bonds. The molecule has 3 heteroatoms. The van der Waals surface area contributed by atoms with Gasteiger partial charge >= 0.3 is 0 Å². The van der Waals surface area contributed by atoms with E-state index in [1.165, 1.54) is 0 Å². The average Bonchev–Trinajstić information content (AvgIpc) is 2.29. The number of hydrogen-bond acceptors (Lipinski definition) is 3. The van der Waals surface area contributed by atoms with E-state index in [1.807, 2.05) is 39.0 Å². The molecule has 1 aromatic rings. The molecule has 0 saturated carbocycles. The van der Waals surface area contributed by atoms with Crippen molar-refractivity contribution in [1.29, 1.82) is 0 Å². The molecule has 1 rings (SSSR count). The van der Waals surface area contributed by atoms with Crippen molar-refractivity contribution in [2.75, 3.05) is 5.75 Å². The first-order chi connectivity index (χ1) is 8.02. The van der Waals surface area contributed by atoms with E-state index in [-0.39, 0.29) is 11.4 Å². The van der Waals surface area contributed by atoms with E-state index in [9.17, 15) is 10.2 Å². The zero-order valence-corrected chi connectivity index (χ0v) is 11.6. The predicted octanol–water partition coefficient (Wildman–Crippen LogP) is 3.14. The van der Waals surface area contributed by atoms with Crippen molar-refractivity contribution in [3.63, 3.8) is 0 Å². The zero-order chi connectivity index (χ0) is 12.8. The van der Waals surface area contributed by atoms with Crippen LogP contribution in [0.15, 0.2) is 18.2 Å². The predicted molar refractivity (Wildman–Crippen MR) is 74.8 cm³/mol. The summed E-state index contributed by atoms with van der Waals surface area (Å²) in [6.45, 7) is 5.78. The van der Waals surface area contributed by atoms with Crippen molar-refractivity contribution >= 4 is 11.8 Å². The third kappa shape index (κ3) is 4.60. The quantitative estimate of drug-likeness (QED) is 0.766. The fourth-order valence-corrected chi connectivity index (χ4v) is 2.55. The van der Waals surface area contributed by atoms with Crippen molar-refractivity contribution in [2.45, 2.75) is 45.0 Å². The molecule has 17 heavy (non-hydrogen) atoms. The molecule has 0 heterocycles. The summed E-state index contributed by atoms with van der Waals surface area (Å²) < 4.78 is 0. The lowest BCUT2D eigenvalue weighted by molar-refractivity contribution is 0.196. The topological polar surface area (TPSA) is 40.5 Å². The van der Waals surface area contributed by atoms with Crippen LogP contribution >= 0.6 is 11.8 Å². The largest absolute Gasteiger partial charge is 0.507 e. The molecule has 2 unspecified atom stereocenters. The first-order valence-corrected chi connectivity index (χ1v) is 7.14. The minimum atomic E-state index is -0.257. The van der Waals surface area contributed by atoms with E-state index in [1.54, 1.807) is 11.8 Å². The van der Waals surface area contributed by atoms with E-state index in [0.717, 1.165) is 29.7 Å². The summed E-state index contributed by atoms with van der Waals surface area (Å²) in [6.07, 6.45) is 1.67. The zero-order valence-electron chi connectivity index (χ0n) is 10.8. The highest BCUT2D eigenvalue weighted by atomic mass is 32.2. The summed E-state index contributed by atoms with van der Waals surface area (Å²) >= 11 is 1.78. The normalized spacial score (nSPS) is 14.6. The number of benzene rings is 1. The van der Waals surface area contributed by atoms with Crippen LogP contribution in [-0.4, -0.2) is 27.3 Å². The van der Waals surface area contributed by atoms with Gasteiger partial charge in [-0.1, -0.05) is 25.1 Å². The average molecular weight is 254 g/mol. The maximum atomic E-state index is 9.85. The van der Waals surface area contributed by atoms with Gasteiger partial charge in [-0.25, -0.2) is 0 Å². The van der Waals surface area contributed by atoms with E-state index in [4.69, 9.17) is 0 Å². The Kier molecular flexibility index (Phi) is 5.86. The fraction of sp³-hybridized carbons (Fsp3) is 0.571. The first kappa shape index (κ1) is 14.4. The summed E-state index contributed by atoms with van der Waals surface area (Å²) in [5, 5.41) is 19.5. The van der Waals surface area contributed by atoms with Gasteiger partial charge in [0.25, 0.3) is 0 Å². The van der Waals surface area contributed by atoms with Gasteiger partial charge in [-0.15, -0.1) is 0 Å². The van der Waals surface area contributed by atoms with Crippen LogP contribution in [0.4, 0.5) is 0 Å². The summed E-state index contributed by atoms with van der Waals surface area (Å²) in [4.78, 5) is 0. The molecule has 0 aliphatic carbocycles. The van der Waals surface area contributed by atoms with Crippen molar-refractivity contribution < 1.29 is 10.2 Å². The Hall–Kier alpha value is -0.670. The lowest BCUT2D eigenvalue weighted by Crippen LogP contribution is -2.15. The third-order valence-corrected chi connectivity index (χ3v) is 4.42. The fourth-order valence-electron chi connectivity index (χ4n) is 1.59. The van der Waals surface area contributed by atoms with Crippen molar-refractivity contribution in [2.24, 2.45) is 0 Å². The minimum Gasteiger partial charge on any atom is -0.507 e. The molecule has 0 aromatic heterocycles. The Labute approximate surface area is 108 Å². The summed E-state index contributed by atoms with van der Waals surface area (Å²) in [6, 6.07) is 5.88. The molecule has 1 aromatic carbocycles. The maximum Gasteiger partial charge on any atom is 0.121 e. The van der Waals surface area contributed by atoms with E-state index in [0.29, 0.717) is 5.75 Å². The van der Waals surface area contributed by atoms with Crippen LogP contribution in [0.3, 0.4) is 0 Å². The number of aliphatic hydroxyl groups excluding tert-OH is 1.